The summed E-state index contributed by atoms with van der Waals surface area (Å²) in [5, 5.41) is 7.77. The summed E-state index contributed by atoms with van der Waals surface area (Å²) in [7, 11) is 0. The van der Waals surface area contributed by atoms with Crippen LogP contribution >= 0.6 is 0 Å². The highest BCUT2D eigenvalue weighted by molar-refractivity contribution is 6.97. The van der Waals surface area contributed by atoms with E-state index in [0.29, 0.717) is 0 Å². The van der Waals surface area contributed by atoms with Crippen molar-refractivity contribution < 1.29 is 0 Å². The lowest BCUT2D eigenvalue weighted by molar-refractivity contribution is 1.25. The van der Waals surface area contributed by atoms with Crippen LogP contribution < -0.4 is 16.4 Å². The number of hydrogen-bond acceptors (Lipinski definition) is 0. The van der Waals surface area contributed by atoms with Crippen molar-refractivity contribution in [2.45, 2.75) is 96.9 Å². The molecule has 0 spiro atoms. The first-order valence-corrected chi connectivity index (χ1v) is 23.1. The molecule has 0 bridgehead atoms. The van der Waals surface area contributed by atoms with Crippen LogP contribution in [0.4, 0.5) is 0 Å². The predicted molar refractivity (Wildman–Crippen MR) is 281 cm³/mol. The summed E-state index contributed by atoms with van der Waals surface area (Å²) in [4.78, 5) is 0. The van der Waals surface area contributed by atoms with Gasteiger partial charge in [0.25, 0.3) is 0 Å². The van der Waals surface area contributed by atoms with Crippen LogP contribution in [0.3, 0.4) is 0 Å². The summed E-state index contributed by atoms with van der Waals surface area (Å²) in [5.74, 6) is 0. The van der Waals surface area contributed by atoms with Crippen molar-refractivity contribution in [3.05, 3.63) is 194 Å². The van der Waals surface area contributed by atoms with Gasteiger partial charge in [-0.2, -0.15) is 0 Å². The SMILES string of the molecule is CC.Cc1c(C)c(-c2cccc3ccccc23)c(C)c(C)c1B(c1c(C)c(C)c(-c2cccc3ccccc23)c(C)c1C)c1c(C)c(C)c(-c2cccc3ccccc23)c(C)c1C. The molecule has 9 aromatic rings. The molecular formula is C62H63B. The second-order valence-corrected chi connectivity index (χ2v) is 17.9. The second kappa shape index (κ2) is 17.2. The van der Waals surface area contributed by atoms with E-state index in [9.17, 15) is 0 Å². The van der Waals surface area contributed by atoms with E-state index in [0.717, 1.165) is 0 Å². The van der Waals surface area contributed by atoms with Crippen LogP contribution in [0.1, 0.15) is 80.6 Å². The first-order valence-electron chi connectivity index (χ1n) is 23.1. The van der Waals surface area contributed by atoms with Gasteiger partial charge in [0.1, 0.15) is 0 Å². The van der Waals surface area contributed by atoms with Gasteiger partial charge in [0.05, 0.1) is 0 Å². The third-order valence-electron chi connectivity index (χ3n) is 15.1. The van der Waals surface area contributed by atoms with Crippen LogP contribution in [0, 0.1) is 83.1 Å². The molecule has 0 heterocycles. The molecule has 1 heteroatoms. The maximum Gasteiger partial charge on any atom is 0.243 e. The molecule has 0 saturated carbocycles. The Morgan fingerprint density at radius 3 is 0.683 bits per heavy atom. The Kier molecular flexibility index (Phi) is 11.9. The van der Waals surface area contributed by atoms with Gasteiger partial charge in [0.15, 0.2) is 0 Å². The van der Waals surface area contributed by atoms with Crippen LogP contribution in [0.15, 0.2) is 127 Å². The average Bonchev–Trinajstić information content (AvgIpc) is 3.30. The van der Waals surface area contributed by atoms with Gasteiger partial charge in [-0.1, -0.05) is 191 Å². The first-order chi connectivity index (χ1) is 30.3. The Morgan fingerprint density at radius 2 is 0.444 bits per heavy atom. The van der Waals surface area contributed by atoms with Crippen molar-refractivity contribution >= 4 is 55.4 Å². The van der Waals surface area contributed by atoms with Crippen LogP contribution in [0.25, 0.3) is 65.7 Å². The molecule has 0 aliphatic carbocycles. The van der Waals surface area contributed by atoms with E-state index < -0.39 is 0 Å². The highest BCUT2D eigenvalue weighted by Crippen LogP contribution is 2.40. The lowest BCUT2D eigenvalue weighted by Crippen LogP contribution is -2.58. The Bertz CT molecular complexity index is 2810. The summed E-state index contributed by atoms with van der Waals surface area (Å²) < 4.78 is 0. The van der Waals surface area contributed by atoms with Crippen LogP contribution in [0.5, 0.6) is 0 Å². The summed E-state index contributed by atoms with van der Waals surface area (Å²) in [6, 6.07) is 46.9. The fraction of sp³-hybridized carbons (Fsp3) is 0.226. The summed E-state index contributed by atoms with van der Waals surface area (Å²) in [6.07, 6.45) is 0. The number of benzene rings is 9. The van der Waals surface area contributed by atoms with Crippen molar-refractivity contribution in [3.8, 4) is 33.4 Å². The zero-order valence-corrected chi connectivity index (χ0v) is 40.2. The van der Waals surface area contributed by atoms with Crippen molar-refractivity contribution in [1.82, 2.24) is 0 Å². The van der Waals surface area contributed by atoms with Gasteiger partial charge in [-0.15, -0.1) is 0 Å². The molecule has 0 atom stereocenters. The lowest BCUT2D eigenvalue weighted by Gasteiger charge is -2.33. The van der Waals surface area contributed by atoms with Crippen molar-refractivity contribution in [3.63, 3.8) is 0 Å². The van der Waals surface area contributed by atoms with E-state index in [-0.39, 0.29) is 6.71 Å². The predicted octanol–water partition coefficient (Wildman–Crippen LogP) is 15.4. The Labute approximate surface area is 378 Å². The van der Waals surface area contributed by atoms with Crippen molar-refractivity contribution in [2.75, 3.05) is 0 Å². The second-order valence-electron chi connectivity index (χ2n) is 17.9. The molecule has 0 amide bonds. The van der Waals surface area contributed by atoms with Gasteiger partial charge < -0.3 is 0 Å². The molecule has 0 aliphatic heterocycles. The van der Waals surface area contributed by atoms with Crippen molar-refractivity contribution in [1.29, 1.82) is 0 Å². The monoisotopic (exact) mass is 819 g/mol. The normalized spacial score (nSPS) is 11.3. The molecule has 0 N–H and O–H groups in total. The molecule has 314 valence electrons. The van der Waals surface area contributed by atoms with Gasteiger partial charge in [-0.05, 0) is 182 Å². The smallest absolute Gasteiger partial charge is 0.0683 e. The van der Waals surface area contributed by atoms with E-state index in [1.54, 1.807) is 0 Å². The summed E-state index contributed by atoms with van der Waals surface area (Å²) in [5.41, 5.74) is 28.9. The minimum atomic E-state index is 0.0249. The summed E-state index contributed by atoms with van der Waals surface area (Å²) >= 11 is 0. The van der Waals surface area contributed by atoms with Crippen LogP contribution in [-0.2, 0) is 0 Å². The van der Waals surface area contributed by atoms with Gasteiger partial charge in [0.2, 0.25) is 6.71 Å². The molecule has 9 aromatic carbocycles. The Balaban J connectivity index is 0.00000268. The molecule has 0 aromatic heterocycles. The van der Waals surface area contributed by atoms with E-state index in [2.05, 4.69) is 210 Å². The number of fused-ring (bicyclic) bond motifs is 3. The van der Waals surface area contributed by atoms with E-state index in [4.69, 9.17) is 0 Å². The Morgan fingerprint density at radius 1 is 0.238 bits per heavy atom. The van der Waals surface area contributed by atoms with Crippen LogP contribution in [0.2, 0.25) is 0 Å². The molecule has 0 saturated heterocycles. The molecule has 0 unspecified atom stereocenters. The quantitative estimate of drug-likeness (QED) is 0.147. The molecule has 0 nitrogen and oxygen atoms in total. The lowest BCUT2D eigenvalue weighted by atomic mass is 9.32. The van der Waals surface area contributed by atoms with E-state index in [1.807, 2.05) is 13.8 Å². The molecule has 63 heavy (non-hydrogen) atoms. The standard InChI is InChI=1S/C60H57B.C2H6/c1-34-40(7)58(41(8)35(2)55(34)52-31-19-25-46-22-13-16-28-49(46)52)61(59-42(9)36(3)56(37(4)43(59)10)53-32-20-26-47-23-14-17-29-50(47)53)60-44(11)38(5)57(39(6)45(60)12)54-33-21-27-48-24-15-18-30-51(48)54;1-2/h13-33H,1-12H3;1-2H3. The Hall–Kier alpha value is -6.18. The zero-order valence-electron chi connectivity index (χ0n) is 40.2. The fourth-order valence-electron chi connectivity index (χ4n) is 11.3. The molecule has 0 fully saturated rings. The fourth-order valence-corrected chi connectivity index (χ4v) is 11.3. The van der Waals surface area contributed by atoms with Gasteiger partial charge in [-0.3, -0.25) is 0 Å². The third-order valence-corrected chi connectivity index (χ3v) is 15.1. The minimum Gasteiger partial charge on any atom is -0.0683 e. The molecular weight excluding hydrogens is 755 g/mol. The molecule has 0 radical (unpaired) electrons. The first kappa shape index (κ1) is 43.5. The minimum absolute atomic E-state index is 0.0249. The highest BCUT2D eigenvalue weighted by atomic mass is 14.3. The zero-order chi connectivity index (χ0) is 45.0. The molecule has 0 aliphatic rings. The van der Waals surface area contributed by atoms with E-state index >= 15 is 0 Å². The van der Waals surface area contributed by atoms with E-state index in [1.165, 1.54) is 149 Å². The number of rotatable bonds is 6. The van der Waals surface area contributed by atoms with Crippen molar-refractivity contribution in [2.24, 2.45) is 0 Å². The molecule has 9 rings (SSSR count). The largest absolute Gasteiger partial charge is 0.243 e. The maximum absolute atomic E-state index is 2.41. The van der Waals surface area contributed by atoms with Crippen LogP contribution in [-0.4, -0.2) is 6.71 Å². The van der Waals surface area contributed by atoms with Gasteiger partial charge >= 0.3 is 0 Å². The average molecular weight is 819 g/mol. The topological polar surface area (TPSA) is 0 Å². The third kappa shape index (κ3) is 6.92. The number of hydrogen-bond donors (Lipinski definition) is 0. The van der Waals surface area contributed by atoms with Gasteiger partial charge in [-0.25, -0.2) is 0 Å². The highest BCUT2D eigenvalue weighted by Gasteiger charge is 2.36. The summed E-state index contributed by atoms with van der Waals surface area (Å²) in [6.45, 7) is 32.7. The van der Waals surface area contributed by atoms with Gasteiger partial charge in [0, 0.05) is 0 Å². The maximum atomic E-state index is 2.41.